The predicted molar refractivity (Wildman–Crippen MR) is 95.3 cm³/mol. The van der Waals surface area contributed by atoms with Crippen LogP contribution in [-0.2, 0) is 11.3 Å². The molecule has 0 aliphatic carbocycles. The summed E-state index contributed by atoms with van der Waals surface area (Å²) in [6, 6.07) is 13.6. The molecular formula is C18H16FN3O3S. The average molecular weight is 373 g/mol. The summed E-state index contributed by atoms with van der Waals surface area (Å²) >= 11 is 1.09. The average Bonchev–Trinajstić information content (AvgIpc) is 3.14. The molecule has 8 heteroatoms. The van der Waals surface area contributed by atoms with Gasteiger partial charge in [0.15, 0.2) is 0 Å². The largest absolute Gasteiger partial charge is 0.497 e. The van der Waals surface area contributed by atoms with Crippen molar-refractivity contribution in [3.8, 4) is 17.2 Å². The van der Waals surface area contributed by atoms with E-state index in [1.165, 1.54) is 6.07 Å². The van der Waals surface area contributed by atoms with Crippen molar-refractivity contribution in [2.75, 3.05) is 12.9 Å². The van der Waals surface area contributed by atoms with E-state index < -0.39 is 5.82 Å². The number of aromatic nitrogens is 2. The number of hydrogen-bond donors (Lipinski definition) is 1. The van der Waals surface area contributed by atoms with Crippen LogP contribution in [0.3, 0.4) is 0 Å². The Balaban J connectivity index is 1.51. The highest BCUT2D eigenvalue weighted by atomic mass is 32.2. The van der Waals surface area contributed by atoms with E-state index in [1.807, 2.05) is 24.3 Å². The number of thioether (sulfide) groups is 1. The first kappa shape index (κ1) is 17.9. The molecule has 0 saturated heterocycles. The van der Waals surface area contributed by atoms with E-state index in [-0.39, 0.29) is 28.3 Å². The second-order valence-corrected chi connectivity index (χ2v) is 6.20. The second kappa shape index (κ2) is 8.48. The molecule has 1 N–H and O–H groups in total. The van der Waals surface area contributed by atoms with Crippen LogP contribution in [0.5, 0.6) is 5.75 Å². The molecule has 1 heterocycles. The van der Waals surface area contributed by atoms with Crippen LogP contribution in [0.25, 0.3) is 11.5 Å². The molecule has 0 aliphatic heterocycles. The van der Waals surface area contributed by atoms with Gasteiger partial charge < -0.3 is 14.5 Å². The Hall–Kier alpha value is -2.87. The van der Waals surface area contributed by atoms with Gasteiger partial charge in [-0.05, 0) is 29.8 Å². The third-order valence-electron chi connectivity index (χ3n) is 3.46. The fourth-order valence-electron chi connectivity index (χ4n) is 2.17. The van der Waals surface area contributed by atoms with E-state index in [4.69, 9.17) is 9.15 Å². The lowest BCUT2D eigenvalue weighted by Gasteiger charge is -2.06. The van der Waals surface area contributed by atoms with Crippen molar-refractivity contribution in [3.63, 3.8) is 0 Å². The zero-order valence-corrected chi connectivity index (χ0v) is 14.8. The first-order valence-corrected chi connectivity index (χ1v) is 8.75. The van der Waals surface area contributed by atoms with Crippen LogP contribution in [0.15, 0.2) is 58.2 Å². The third kappa shape index (κ3) is 4.60. The first-order chi connectivity index (χ1) is 12.7. The Morgan fingerprint density at radius 2 is 2.08 bits per heavy atom. The maximum atomic E-state index is 13.7. The van der Waals surface area contributed by atoms with E-state index in [0.29, 0.717) is 6.54 Å². The Kier molecular flexibility index (Phi) is 5.85. The molecule has 0 saturated carbocycles. The summed E-state index contributed by atoms with van der Waals surface area (Å²) in [6.07, 6.45) is 0. The minimum Gasteiger partial charge on any atom is -0.497 e. The van der Waals surface area contributed by atoms with E-state index in [0.717, 1.165) is 23.1 Å². The molecule has 0 fully saturated rings. The number of carbonyl (C=O) groups is 1. The van der Waals surface area contributed by atoms with Crippen molar-refractivity contribution < 1.29 is 18.3 Å². The van der Waals surface area contributed by atoms with Gasteiger partial charge in [-0.25, -0.2) is 4.39 Å². The Morgan fingerprint density at radius 3 is 2.88 bits per heavy atom. The molecule has 0 bridgehead atoms. The highest BCUT2D eigenvalue weighted by Crippen LogP contribution is 2.24. The topological polar surface area (TPSA) is 77.2 Å². The maximum Gasteiger partial charge on any atom is 0.277 e. The fraction of sp³-hybridized carbons (Fsp3) is 0.167. The first-order valence-electron chi connectivity index (χ1n) is 7.76. The van der Waals surface area contributed by atoms with Crippen molar-refractivity contribution in [3.05, 3.63) is 59.9 Å². The summed E-state index contributed by atoms with van der Waals surface area (Å²) in [7, 11) is 1.59. The number of hydrogen-bond acceptors (Lipinski definition) is 6. The molecule has 0 aliphatic rings. The van der Waals surface area contributed by atoms with Crippen molar-refractivity contribution in [1.29, 1.82) is 0 Å². The molecular weight excluding hydrogens is 357 g/mol. The number of methoxy groups -OCH3 is 1. The van der Waals surface area contributed by atoms with E-state index >= 15 is 0 Å². The van der Waals surface area contributed by atoms with Gasteiger partial charge in [-0.15, -0.1) is 10.2 Å². The SMILES string of the molecule is COc1cccc(CNC(=O)CSc2nnc(-c3ccccc3F)o2)c1. The predicted octanol–water partition coefficient (Wildman–Crippen LogP) is 3.29. The monoisotopic (exact) mass is 373 g/mol. The minimum atomic E-state index is -0.441. The number of amides is 1. The van der Waals surface area contributed by atoms with Gasteiger partial charge in [0, 0.05) is 6.54 Å². The second-order valence-electron chi connectivity index (χ2n) is 5.27. The molecule has 0 radical (unpaired) electrons. The Bertz CT molecular complexity index is 901. The van der Waals surface area contributed by atoms with Gasteiger partial charge in [-0.2, -0.15) is 0 Å². The van der Waals surface area contributed by atoms with Gasteiger partial charge in [-0.1, -0.05) is 36.0 Å². The lowest BCUT2D eigenvalue weighted by atomic mass is 10.2. The normalized spacial score (nSPS) is 10.5. The zero-order valence-electron chi connectivity index (χ0n) is 13.9. The van der Waals surface area contributed by atoms with Crippen molar-refractivity contribution >= 4 is 17.7 Å². The van der Waals surface area contributed by atoms with Gasteiger partial charge in [0.2, 0.25) is 5.91 Å². The van der Waals surface area contributed by atoms with Crippen LogP contribution >= 0.6 is 11.8 Å². The number of benzene rings is 2. The van der Waals surface area contributed by atoms with Gasteiger partial charge in [0.1, 0.15) is 11.6 Å². The number of nitrogens with zero attached hydrogens (tertiary/aromatic N) is 2. The lowest BCUT2D eigenvalue weighted by molar-refractivity contribution is -0.118. The van der Waals surface area contributed by atoms with Crippen molar-refractivity contribution in [2.24, 2.45) is 0 Å². The summed E-state index contributed by atoms with van der Waals surface area (Å²) in [5.74, 6) is 0.315. The highest BCUT2D eigenvalue weighted by Gasteiger charge is 2.14. The number of halogens is 1. The maximum absolute atomic E-state index is 13.7. The molecule has 0 spiro atoms. The van der Waals surface area contributed by atoms with E-state index in [2.05, 4.69) is 15.5 Å². The number of ether oxygens (including phenoxy) is 1. The summed E-state index contributed by atoms with van der Waals surface area (Å²) in [4.78, 5) is 12.0. The Labute approximate surface area is 153 Å². The molecule has 3 aromatic rings. The molecule has 0 unspecified atom stereocenters. The molecule has 6 nitrogen and oxygen atoms in total. The summed E-state index contributed by atoms with van der Waals surface area (Å²) < 4.78 is 24.2. The van der Waals surface area contributed by atoms with Crippen LogP contribution in [0.2, 0.25) is 0 Å². The quantitative estimate of drug-likeness (QED) is 0.641. The molecule has 2 aromatic carbocycles. The van der Waals surface area contributed by atoms with Gasteiger partial charge in [-0.3, -0.25) is 4.79 Å². The molecule has 1 amide bonds. The lowest BCUT2D eigenvalue weighted by Crippen LogP contribution is -2.24. The molecule has 134 valence electrons. The fourth-order valence-corrected chi connectivity index (χ4v) is 2.77. The summed E-state index contributed by atoms with van der Waals surface area (Å²) in [6.45, 7) is 0.390. The molecule has 3 rings (SSSR count). The van der Waals surface area contributed by atoms with Crippen LogP contribution in [-0.4, -0.2) is 29.0 Å². The smallest absolute Gasteiger partial charge is 0.277 e. The third-order valence-corrected chi connectivity index (χ3v) is 4.28. The van der Waals surface area contributed by atoms with Crippen LogP contribution in [0.1, 0.15) is 5.56 Å². The van der Waals surface area contributed by atoms with Crippen molar-refractivity contribution in [2.45, 2.75) is 11.8 Å². The standard InChI is InChI=1S/C18H16FN3O3S/c1-24-13-6-4-5-12(9-13)10-20-16(23)11-26-18-22-21-17(25-18)14-7-2-3-8-15(14)19/h2-9H,10-11H2,1H3,(H,20,23). The number of carbonyl (C=O) groups excluding carboxylic acids is 1. The summed E-state index contributed by atoms with van der Waals surface area (Å²) in [5.41, 5.74) is 1.16. The summed E-state index contributed by atoms with van der Waals surface area (Å²) in [5, 5.41) is 10.7. The van der Waals surface area contributed by atoms with Crippen LogP contribution < -0.4 is 10.1 Å². The zero-order chi connectivity index (χ0) is 18.4. The van der Waals surface area contributed by atoms with E-state index in [1.54, 1.807) is 25.3 Å². The number of nitrogens with one attached hydrogen (secondary N) is 1. The number of rotatable bonds is 7. The molecule has 26 heavy (non-hydrogen) atoms. The van der Waals surface area contributed by atoms with Gasteiger partial charge in [0.25, 0.3) is 11.1 Å². The molecule has 0 atom stereocenters. The Morgan fingerprint density at radius 1 is 1.23 bits per heavy atom. The van der Waals surface area contributed by atoms with Crippen LogP contribution in [0, 0.1) is 5.82 Å². The molecule has 1 aromatic heterocycles. The highest BCUT2D eigenvalue weighted by molar-refractivity contribution is 7.99. The van der Waals surface area contributed by atoms with Crippen molar-refractivity contribution in [1.82, 2.24) is 15.5 Å². The minimum absolute atomic E-state index is 0.0855. The van der Waals surface area contributed by atoms with E-state index in [9.17, 15) is 9.18 Å². The van der Waals surface area contributed by atoms with Gasteiger partial charge in [0.05, 0.1) is 18.4 Å². The van der Waals surface area contributed by atoms with Gasteiger partial charge >= 0.3 is 0 Å². The van der Waals surface area contributed by atoms with Crippen LogP contribution in [0.4, 0.5) is 4.39 Å².